The molecule has 0 unspecified atom stereocenters. The second-order valence-electron chi connectivity index (χ2n) is 9.57. The van der Waals surface area contributed by atoms with E-state index >= 15 is 0 Å². The normalized spacial score (nSPS) is 11.5. The first kappa shape index (κ1) is 61.3. The molecule has 1 fully saturated rings. The van der Waals surface area contributed by atoms with Crippen LogP contribution in [0.15, 0.2) is 0 Å². The van der Waals surface area contributed by atoms with Gasteiger partial charge in [-0.15, -0.1) is 13.2 Å². The van der Waals surface area contributed by atoms with Gasteiger partial charge < -0.3 is 24.3 Å². The average Bonchev–Trinajstić information content (AvgIpc) is 3.63. The molecule has 1 saturated carbocycles. The van der Waals surface area contributed by atoms with Crippen LogP contribution in [-0.2, 0) is 33.5 Å². The topological polar surface area (TPSA) is 92.3 Å². The summed E-state index contributed by atoms with van der Waals surface area (Å²) in [7, 11) is 7.53. The van der Waals surface area contributed by atoms with Gasteiger partial charge >= 0.3 is 13.0 Å². The van der Waals surface area contributed by atoms with Crippen molar-refractivity contribution in [2.24, 2.45) is 11.8 Å². The lowest BCUT2D eigenvalue weighted by Crippen LogP contribution is -2.15. The van der Waals surface area contributed by atoms with Crippen molar-refractivity contribution >= 4 is 9.84 Å². The fourth-order valence-corrected chi connectivity index (χ4v) is 0.520. The van der Waals surface area contributed by atoms with E-state index < -0.39 is 29.2 Å². The van der Waals surface area contributed by atoms with Gasteiger partial charge in [0.2, 0.25) is 6.43 Å². The van der Waals surface area contributed by atoms with Crippen LogP contribution < -0.4 is 5.32 Å². The number of alkyl halides is 7. The van der Waals surface area contributed by atoms with Gasteiger partial charge in [0.25, 0.3) is 0 Å². The van der Waals surface area contributed by atoms with E-state index in [1.165, 1.54) is 12.8 Å². The van der Waals surface area contributed by atoms with E-state index in [0.717, 1.165) is 45.0 Å². The van der Waals surface area contributed by atoms with Gasteiger partial charge in [-0.05, 0) is 52.5 Å². The van der Waals surface area contributed by atoms with Gasteiger partial charge in [0.15, 0.2) is 0 Å². The monoisotopic (exact) mass is 679 g/mol. The second-order valence-corrected chi connectivity index (χ2v) is 11.9. The van der Waals surface area contributed by atoms with Crippen LogP contribution in [0.1, 0.15) is 68.2 Å². The maximum atomic E-state index is 10.6. The molecule has 1 aliphatic rings. The van der Waals surface area contributed by atoms with Crippen LogP contribution in [0.5, 0.6) is 0 Å². The molecule has 0 aromatic heterocycles. The van der Waals surface area contributed by atoms with Crippen LogP contribution in [0.25, 0.3) is 0 Å². The van der Waals surface area contributed by atoms with Crippen molar-refractivity contribution in [3.8, 4) is 0 Å². The minimum absolute atomic E-state index is 0.384. The molecule has 0 aromatic carbocycles. The van der Waals surface area contributed by atoms with Gasteiger partial charge in [-0.25, -0.2) is 17.2 Å². The van der Waals surface area contributed by atoms with Crippen molar-refractivity contribution in [3.63, 3.8) is 0 Å². The summed E-state index contributed by atoms with van der Waals surface area (Å²) in [6, 6.07) is 0.634. The summed E-state index contributed by atoms with van der Waals surface area (Å²) in [5, 5.41) is 3.03. The Hall–Kier alpha value is -0.780. The highest BCUT2D eigenvalue weighted by Gasteiger charge is 2.25. The summed E-state index contributed by atoms with van der Waals surface area (Å²) in [5.74, 6) is 1.76. The molecule has 0 spiro atoms. The number of methoxy groups -OCH3 is 5. The van der Waals surface area contributed by atoms with Gasteiger partial charge in [0, 0.05) is 67.8 Å². The number of hydrogen-bond donors (Lipinski definition) is 1. The number of ether oxygens (including phenoxy) is 5. The van der Waals surface area contributed by atoms with Crippen molar-refractivity contribution < 1.29 is 62.8 Å². The first-order valence-electron chi connectivity index (χ1n) is 13.1. The molecule has 0 amide bonds. The summed E-state index contributed by atoms with van der Waals surface area (Å²) >= 11 is 0. The molecule has 0 heterocycles. The number of hydrogen-bond acceptors (Lipinski definition) is 8. The van der Waals surface area contributed by atoms with E-state index in [-0.39, 0.29) is 0 Å². The van der Waals surface area contributed by atoms with E-state index in [1.54, 1.807) is 28.4 Å². The molecule has 274 valence electrons. The maximum Gasteiger partial charge on any atom is 0.522 e. The van der Waals surface area contributed by atoms with E-state index in [0.29, 0.717) is 19.3 Å². The molecular weight excluding hydrogens is 615 g/mol. The third-order valence-electron chi connectivity index (χ3n) is 2.56. The molecule has 43 heavy (non-hydrogen) atoms. The van der Waals surface area contributed by atoms with Crippen molar-refractivity contribution in [3.05, 3.63) is 0 Å². The third kappa shape index (κ3) is 314. The zero-order chi connectivity index (χ0) is 36.8. The average molecular weight is 680 g/mol. The van der Waals surface area contributed by atoms with Gasteiger partial charge in [-0.2, -0.15) is 8.78 Å². The van der Waals surface area contributed by atoms with E-state index in [9.17, 15) is 39.2 Å². The SMILES string of the molecule is CC(C)C.CC(F)F.CNC(C)C.COC.COC(C)C.COC(F)(F)F.COC(F)F.COCC1CC1.CS(C)(=O)=O. The Balaban J connectivity index is -0.0000000538. The van der Waals surface area contributed by atoms with Crippen LogP contribution in [0.3, 0.4) is 0 Å². The number of sulfone groups is 1. The number of halogens is 7. The van der Waals surface area contributed by atoms with Gasteiger partial charge in [-0.1, -0.05) is 34.6 Å². The van der Waals surface area contributed by atoms with Crippen molar-refractivity contribution in [1.29, 1.82) is 0 Å². The predicted molar refractivity (Wildman–Crippen MR) is 163 cm³/mol. The Morgan fingerprint density at radius 1 is 0.767 bits per heavy atom. The summed E-state index contributed by atoms with van der Waals surface area (Å²) in [4.78, 5) is 0. The molecule has 1 N–H and O–H groups in total. The molecule has 0 aliphatic heterocycles. The Morgan fingerprint density at radius 2 is 0.953 bits per heavy atom. The van der Waals surface area contributed by atoms with Crippen LogP contribution in [0, 0.1) is 11.8 Å². The third-order valence-corrected chi connectivity index (χ3v) is 2.56. The van der Waals surface area contributed by atoms with Crippen LogP contribution in [-0.4, -0.2) is 109 Å². The Labute approximate surface area is 258 Å². The first-order valence-corrected chi connectivity index (χ1v) is 15.4. The lowest BCUT2D eigenvalue weighted by Gasteiger charge is -1.97. The molecule has 0 saturated heterocycles. The molecule has 1 aliphatic carbocycles. The molecule has 0 radical (unpaired) electrons. The molecule has 0 bridgehead atoms. The molecule has 16 heteroatoms. The van der Waals surface area contributed by atoms with Crippen LogP contribution in [0.2, 0.25) is 0 Å². The molecule has 8 nitrogen and oxygen atoms in total. The second kappa shape index (κ2) is 45.6. The van der Waals surface area contributed by atoms with E-state index in [1.807, 2.05) is 20.9 Å². The first-order chi connectivity index (χ1) is 19.2. The zero-order valence-corrected chi connectivity index (χ0v) is 30.3. The highest BCUT2D eigenvalue weighted by atomic mass is 32.2. The van der Waals surface area contributed by atoms with Crippen molar-refractivity contribution in [2.45, 2.75) is 99.8 Å². The minimum atomic E-state index is -4.46. The lowest BCUT2D eigenvalue weighted by molar-refractivity contribution is -0.311. The molecule has 0 atom stereocenters. The van der Waals surface area contributed by atoms with E-state index in [4.69, 9.17) is 9.47 Å². The lowest BCUT2D eigenvalue weighted by atomic mass is 10.3. The highest BCUT2D eigenvalue weighted by molar-refractivity contribution is 7.89. The number of rotatable bonds is 5. The van der Waals surface area contributed by atoms with Gasteiger partial charge in [0.1, 0.15) is 9.84 Å². The molecule has 1 rings (SSSR count). The van der Waals surface area contributed by atoms with Gasteiger partial charge in [-0.3, -0.25) is 4.74 Å². The van der Waals surface area contributed by atoms with Crippen LogP contribution >= 0.6 is 0 Å². The van der Waals surface area contributed by atoms with Crippen molar-refractivity contribution in [1.82, 2.24) is 5.32 Å². The predicted octanol–water partition coefficient (Wildman–Crippen LogP) is 7.56. The molecule has 0 aromatic rings. The standard InChI is InChI=1S/C5H10O.C4H11N.C4H10O.C4H10.C2H3F3O.C2H4F2O.C2H4F2.C2H6O2S.C2H6O/c1-6-4-5-2-3-5;2*1-4(2)5-3;1-4(2)3;1-6-2(3,4)5;1-5-2(3)4;1-2(3)4;1-5(2,3)4;1-3-2/h5H,2-4H2,1H3;4-5H,1-3H3;4H,1-3H3;4H,1-3H3;1H3;2H,1H3;2H,1H3;1-2H3;1-2H3. The largest absolute Gasteiger partial charge is 0.522 e. The Morgan fingerprint density at radius 3 is 0.977 bits per heavy atom. The summed E-state index contributed by atoms with van der Waals surface area (Å²) < 4.78 is 113. The quantitative estimate of drug-likeness (QED) is 0.298. The Bertz CT molecular complexity index is 514. The zero-order valence-electron chi connectivity index (χ0n) is 29.5. The Kier molecular flexibility index (Phi) is 65.0. The summed E-state index contributed by atoms with van der Waals surface area (Å²) in [6.45, 7) is 13.9. The summed E-state index contributed by atoms with van der Waals surface area (Å²) in [6.07, 6.45) is -1.13. The minimum Gasteiger partial charge on any atom is -0.388 e. The molecular formula is C27H64F7NO7S. The van der Waals surface area contributed by atoms with E-state index in [2.05, 4.69) is 54.1 Å². The fourth-order valence-electron chi connectivity index (χ4n) is 0.520. The maximum absolute atomic E-state index is 10.6. The van der Waals surface area contributed by atoms with Gasteiger partial charge in [0.05, 0.1) is 6.10 Å². The number of nitrogens with one attached hydrogen (secondary N) is 1. The summed E-state index contributed by atoms with van der Waals surface area (Å²) in [5.41, 5.74) is 0. The van der Waals surface area contributed by atoms with Crippen molar-refractivity contribution in [2.75, 3.05) is 68.8 Å². The van der Waals surface area contributed by atoms with Crippen LogP contribution in [0.4, 0.5) is 30.7 Å². The highest BCUT2D eigenvalue weighted by Crippen LogP contribution is 2.28. The fraction of sp³-hybridized carbons (Fsp3) is 1.00. The smallest absolute Gasteiger partial charge is 0.388 e.